The molecule has 8 nitrogen and oxygen atoms in total. The summed E-state index contributed by atoms with van der Waals surface area (Å²) in [5.74, 6) is 9.47. The van der Waals surface area contributed by atoms with Crippen molar-refractivity contribution in [3.05, 3.63) is 12.2 Å². The average molecular weight is 358 g/mol. The number of nitrogens with zero attached hydrogens (tertiary/aromatic N) is 1. The third-order valence-corrected chi connectivity index (χ3v) is 3.55. The number of nitrogens with two attached hydrogens (primary N) is 2. The van der Waals surface area contributed by atoms with E-state index in [-0.39, 0.29) is 25.9 Å². The number of rotatable bonds is 12. The van der Waals surface area contributed by atoms with Crippen LogP contribution >= 0.6 is 0 Å². The number of hydrazine groups is 1. The Labute approximate surface area is 151 Å². The van der Waals surface area contributed by atoms with Gasteiger partial charge >= 0.3 is 11.9 Å². The Morgan fingerprint density at radius 3 is 2.44 bits per heavy atom. The summed E-state index contributed by atoms with van der Waals surface area (Å²) in [7, 11) is 0. The second kappa shape index (κ2) is 13.2. The zero-order valence-electron chi connectivity index (χ0n) is 15.5. The molecule has 0 saturated carbocycles. The summed E-state index contributed by atoms with van der Waals surface area (Å²) in [5.41, 5.74) is 2.34. The maximum atomic E-state index is 11.9. The fourth-order valence-corrected chi connectivity index (χ4v) is 2.16. The molecule has 25 heavy (non-hydrogen) atoms. The predicted molar refractivity (Wildman–Crippen MR) is 99.3 cm³/mol. The number of ether oxygens (including phenoxy) is 2. The SMILES string of the molecule is C=C(CC(=O)O[C@H](C)CCCCCC)C(=O)OC(C)C/C(=N/N)NN.[HH]. The Morgan fingerprint density at radius 2 is 1.88 bits per heavy atom. The highest BCUT2D eigenvalue weighted by molar-refractivity contribution is 5.93. The van der Waals surface area contributed by atoms with E-state index in [4.69, 9.17) is 21.2 Å². The van der Waals surface area contributed by atoms with Gasteiger partial charge < -0.3 is 20.7 Å². The monoisotopic (exact) mass is 358 g/mol. The van der Waals surface area contributed by atoms with Crippen LogP contribution in [0.4, 0.5) is 0 Å². The van der Waals surface area contributed by atoms with Gasteiger partial charge in [-0.05, 0) is 26.7 Å². The summed E-state index contributed by atoms with van der Waals surface area (Å²) in [4.78, 5) is 23.8. The number of unbranched alkanes of at least 4 members (excludes halogenated alkanes) is 3. The summed E-state index contributed by atoms with van der Waals surface area (Å²) in [5, 5.41) is 3.41. The van der Waals surface area contributed by atoms with Crippen molar-refractivity contribution in [3.8, 4) is 0 Å². The third kappa shape index (κ3) is 11.1. The Balaban J connectivity index is 0. The van der Waals surface area contributed by atoms with Crippen molar-refractivity contribution in [2.45, 2.75) is 77.9 Å². The smallest absolute Gasteiger partial charge is 0.334 e. The Kier molecular flexibility index (Phi) is 12.1. The molecule has 0 fully saturated rings. The van der Waals surface area contributed by atoms with Gasteiger partial charge in [-0.2, -0.15) is 5.10 Å². The van der Waals surface area contributed by atoms with Gasteiger partial charge in [0.2, 0.25) is 0 Å². The minimum absolute atomic E-state index is 0. The Bertz CT molecular complexity index is 472. The van der Waals surface area contributed by atoms with Crippen LogP contribution in [-0.2, 0) is 19.1 Å². The van der Waals surface area contributed by atoms with Gasteiger partial charge in [0.05, 0.1) is 12.5 Å². The predicted octanol–water partition coefficient (Wildman–Crippen LogP) is 2.14. The first-order valence-electron chi connectivity index (χ1n) is 8.65. The first-order chi connectivity index (χ1) is 11.8. The molecule has 0 aromatic carbocycles. The molecule has 0 spiro atoms. The highest BCUT2D eigenvalue weighted by Gasteiger charge is 2.19. The van der Waals surface area contributed by atoms with Crippen molar-refractivity contribution in [2.24, 2.45) is 16.8 Å². The van der Waals surface area contributed by atoms with E-state index in [1.54, 1.807) is 6.92 Å². The number of carbonyl (C=O) groups is 2. The molecule has 2 atom stereocenters. The largest absolute Gasteiger partial charge is 0.462 e. The van der Waals surface area contributed by atoms with Gasteiger partial charge in [0.1, 0.15) is 11.9 Å². The van der Waals surface area contributed by atoms with Crippen LogP contribution in [0.3, 0.4) is 0 Å². The van der Waals surface area contributed by atoms with Gasteiger partial charge in [0.15, 0.2) is 0 Å². The number of hydrogen-bond donors (Lipinski definition) is 3. The van der Waals surface area contributed by atoms with Crippen molar-refractivity contribution >= 4 is 17.8 Å². The van der Waals surface area contributed by atoms with Crippen LogP contribution in [0.25, 0.3) is 0 Å². The normalized spacial score (nSPS) is 13.7. The van der Waals surface area contributed by atoms with E-state index in [1.807, 2.05) is 6.92 Å². The zero-order chi connectivity index (χ0) is 19.2. The van der Waals surface area contributed by atoms with Gasteiger partial charge in [0.25, 0.3) is 0 Å². The standard InChI is InChI=1S/C17H32N4O4.H2/c1-5-6-7-8-9-13(3)24-16(22)10-12(2)17(23)25-14(4)11-15(20-18)21-19;/h13-14H,2,5-11,18-19H2,1,3-4H3,(H,20,21);1H/t13-,14?;/m1./s1. The lowest BCUT2D eigenvalue weighted by atomic mass is 10.1. The first-order valence-corrected chi connectivity index (χ1v) is 8.65. The topological polar surface area (TPSA) is 129 Å². The lowest BCUT2D eigenvalue weighted by Crippen LogP contribution is -2.34. The molecule has 0 aliphatic heterocycles. The van der Waals surface area contributed by atoms with E-state index in [0.29, 0.717) is 5.84 Å². The van der Waals surface area contributed by atoms with E-state index in [2.05, 4.69) is 24.0 Å². The lowest BCUT2D eigenvalue weighted by Gasteiger charge is -2.16. The third-order valence-electron chi connectivity index (χ3n) is 3.55. The maximum absolute atomic E-state index is 11.9. The summed E-state index contributed by atoms with van der Waals surface area (Å²) in [6.07, 6.45) is 4.63. The number of carbonyl (C=O) groups excluding carboxylic acids is 2. The van der Waals surface area contributed by atoms with E-state index in [0.717, 1.165) is 25.7 Å². The molecule has 0 bridgehead atoms. The van der Waals surface area contributed by atoms with Gasteiger partial charge in [-0.3, -0.25) is 4.79 Å². The van der Waals surface area contributed by atoms with Crippen molar-refractivity contribution in [2.75, 3.05) is 0 Å². The van der Waals surface area contributed by atoms with Gasteiger partial charge in [-0.15, -0.1) is 0 Å². The number of nitrogens with one attached hydrogen (secondary N) is 1. The molecular weight excluding hydrogens is 324 g/mol. The Morgan fingerprint density at radius 1 is 1.20 bits per heavy atom. The van der Waals surface area contributed by atoms with Crippen LogP contribution < -0.4 is 17.1 Å². The highest BCUT2D eigenvalue weighted by Crippen LogP contribution is 2.11. The van der Waals surface area contributed by atoms with Gasteiger partial charge in [0, 0.05) is 13.4 Å². The number of esters is 2. The molecule has 0 saturated heterocycles. The second-order valence-corrected chi connectivity index (χ2v) is 6.07. The molecule has 0 amide bonds. The molecule has 0 aromatic rings. The van der Waals surface area contributed by atoms with Gasteiger partial charge in [-0.25, -0.2) is 10.6 Å². The number of hydrazone groups is 1. The van der Waals surface area contributed by atoms with Crippen LogP contribution in [0.15, 0.2) is 17.3 Å². The molecule has 0 aliphatic carbocycles. The van der Waals surface area contributed by atoms with Crippen LogP contribution in [0.5, 0.6) is 0 Å². The molecule has 0 heterocycles. The van der Waals surface area contributed by atoms with E-state index >= 15 is 0 Å². The molecule has 5 N–H and O–H groups in total. The van der Waals surface area contributed by atoms with Crippen molar-refractivity contribution < 1.29 is 20.5 Å². The molecule has 0 aromatic heterocycles. The molecule has 0 aliphatic rings. The minimum Gasteiger partial charge on any atom is -0.462 e. The highest BCUT2D eigenvalue weighted by atomic mass is 16.5. The van der Waals surface area contributed by atoms with Crippen molar-refractivity contribution in [1.29, 1.82) is 0 Å². The fraction of sp³-hybridized carbons (Fsp3) is 0.706. The van der Waals surface area contributed by atoms with Gasteiger partial charge in [-0.1, -0.05) is 32.8 Å². The average Bonchev–Trinajstić information content (AvgIpc) is 2.56. The van der Waals surface area contributed by atoms with Crippen LogP contribution in [0.2, 0.25) is 0 Å². The molecule has 146 valence electrons. The maximum Gasteiger partial charge on any atom is 0.334 e. The lowest BCUT2D eigenvalue weighted by molar-refractivity contribution is -0.151. The van der Waals surface area contributed by atoms with Crippen LogP contribution in [0, 0.1) is 0 Å². The second-order valence-electron chi connectivity index (χ2n) is 6.07. The van der Waals surface area contributed by atoms with E-state index in [9.17, 15) is 9.59 Å². The summed E-state index contributed by atoms with van der Waals surface area (Å²) >= 11 is 0. The fourth-order valence-electron chi connectivity index (χ4n) is 2.16. The number of amidine groups is 1. The van der Waals surface area contributed by atoms with E-state index < -0.39 is 18.0 Å². The molecule has 0 radical (unpaired) electrons. The molecular formula is C17H34N4O4. The first kappa shape index (κ1) is 22.9. The number of hydrogen-bond acceptors (Lipinski definition) is 7. The summed E-state index contributed by atoms with van der Waals surface area (Å²) in [6, 6.07) is 0. The van der Waals surface area contributed by atoms with Crippen molar-refractivity contribution in [1.82, 2.24) is 5.43 Å². The molecule has 1 unspecified atom stereocenters. The minimum atomic E-state index is -0.659. The summed E-state index contributed by atoms with van der Waals surface area (Å²) < 4.78 is 10.5. The zero-order valence-corrected chi connectivity index (χ0v) is 15.5. The molecule has 0 rings (SSSR count). The molecule has 8 heteroatoms. The van der Waals surface area contributed by atoms with Crippen LogP contribution in [0.1, 0.15) is 67.1 Å². The van der Waals surface area contributed by atoms with Crippen LogP contribution in [-0.4, -0.2) is 30.0 Å². The quantitative estimate of drug-likeness (QED) is 0.0927. The summed E-state index contributed by atoms with van der Waals surface area (Å²) in [6.45, 7) is 9.24. The Hall–Kier alpha value is -2.09. The van der Waals surface area contributed by atoms with E-state index in [1.165, 1.54) is 6.42 Å². The van der Waals surface area contributed by atoms with Crippen molar-refractivity contribution in [3.63, 3.8) is 0 Å².